The van der Waals surface area contributed by atoms with Crippen LogP contribution in [0.4, 0.5) is 0 Å². The largest absolute Gasteiger partial charge is 0.390 e. The topological polar surface area (TPSA) is 234 Å². The van der Waals surface area contributed by atoms with Crippen molar-refractivity contribution in [3.8, 4) is 0 Å². The van der Waals surface area contributed by atoms with E-state index < -0.39 is 121 Å². The van der Waals surface area contributed by atoms with Crippen molar-refractivity contribution in [1.29, 1.82) is 0 Å². The molecule has 5 aliphatic rings. The molecular formula is C49H80O15. The van der Waals surface area contributed by atoms with E-state index in [1.807, 2.05) is 72.8 Å². The van der Waals surface area contributed by atoms with E-state index in [9.17, 15) is 45.6 Å². The summed E-state index contributed by atoms with van der Waals surface area (Å²) in [5.41, 5.74) is 1.62. The Balaban J connectivity index is 1.33. The lowest BCUT2D eigenvalue weighted by atomic mass is 9.53. The zero-order chi connectivity index (χ0) is 47.7. The summed E-state index contributed by atoms with van der Waals surface area (Å²) in [6.07, 6.45) is -7.60. The van der Waals surface area contributed by atoms with Crippen LogP contribution < -0.4 is 0 Å². The Kier molecular flexibility index (Phi) is 17.9. The molecule has 0 radical (unpaired) electrons. The van der Waals surface area contributed by atoms with E-state index in [1.54, 1.807) is 20.8 Å². The number of carbonyl (C=O) groups is 1. The molecule has 2 aliphatic carbocycles. The van der Waals surface area contributed by atoms with Gasteiger partial charge in [-0.3, -0.25) is 4.79 Å². The van der Waals surface area contributed by atoms with Gasteiger partial charge in [-0.15, -0.1) is 0 Å². The predicted molar refractivity (Wildman–Crippen MR) is 237 cm³/mol. The summed E-state index contributed by atoms with van der Waals surface area (Å²) in [6, 6.07) is 0. The number of hydrogen-bond acceptors (Lipinski definition) is 15. The molecule has 3 heterocycles. The Morgan fingerprint density at radius 3 is 1.83 bits per heavy atom. The monoisotopic (exact) mass is 909 g/mol. The predicted octanol–water partition coefficient (Wildman–Crippen LogP) is 3.91. The first-order valence-electron chi connectivity index (χ1n) is 23.4. The molecule has 22 unspecified atom stereocenters. The van der Waals surface area contributed by atoms with E-state index in [-0.39, 0.29) is 24.0 Å². The van der Waals surface area contributed by atoms with Crippen LogP contribution in [0.2, 0.25) is 0 Å². The first-order valence-corrected chi connectivity index (χ1v) is 23.4. The summed E-state index contributed by atoms with van der Waals surface area (Å²) >= 11 is 0. The van der Waals surface area contributed by atoms with Crippen LogP contribution in [0.3, 0.4) is 0 Å². The van der Waals surface area contributed by atoms with Gasteiger partial charge < -0.3 is 69.3 Å². The summed E-state index contributed by atoms with van der Waals surface area (Å²) in [5, 5.41) is 88.6. The van der Waals surface area contributed by atoms with Gasteiger partial charge in [-0.25, -0.2) is 0 Å². The maximum Gasteiger partial charge on any atom is 0.187 e. The average Bonchev–Trinajstić information content (AvgIpc) is 3.65. The van der Waals surface area contributed by atoms with Gasteiger partial charge in [-0.1, -0.05) is 62.6 Å². The van der Waals surface area contributed by atoms with Crippen molar-refractivity contribution in [1.82, 2.24) is 0 Å². The number of ether oxygens (including phenoxy) is 6. The van der Waals surface area contributed by atoms with Crippen LogP contribution in [0.5, 0.6) is 0 Å². The molecular weight excluding hydrogens is 829 g/mol. The van der Waals surface area contributed by atoms with E-state index in [1.165, 1.54) is 6.92 Å². The molecule has 0 aromatic heterocycles. The molecule has 0 aromatic rings. The molecule has 5 rings (SSSR count). The third-order valence-corrected chi connectivity index (χ3v) is 15.1. The summed E-state index contributed by atoms with van der Waals surface area (Å²) in [7, 11) is 0. The maximum atomic E-state index is 14.7. The zero-order valence-corrected chi connectivity index (χ0v) is 40.0. The molecule has 15 heteroatoms. The smallest absolute Gasteiger partial charge is 0.187 e. The summed E-state index contributed by atoms with van der Waals surface area (Å²) in [4.78, 5) is 14.7. The average molecular weight is 909 g/mol. The van der Waals surface area contributed by atoms with Gasteiger partial charge in [0.25, 0.3) is 0 Å². The van der Waals surface area contributed by atoms with E-state index in [4.69, 9.17) is 28.4 Å². The number of carbonyl (C=O) groups excluding carboxylic acids is 1. The second-order valence-corrected chi connectivity index (χ2v) is 20.4. The van der Waals surface area contributed by atoms with Crippen LogP contribution in [-0.2, 0) is 33.2 Å². The number of allylic oxidation sites excluding steroid dienone is 2. The molecule has 64 heavy (non-hydrogen) atoms. The van der Waals surface area contributed by atoms with Crippen LogP contribution >= 0.6 is 0 Å². The van der Waals surface area contributed by atoms with Crippen LogP contribution in [-0.4, -0.2) is 150 Å². The highest BCUT2D eigenvalue weighted by molar-refractivity contribution is 5.91. The highest BCUT2D eigenvalue weighted by atomic mass is 16.8. The van der Waals surface area contributed by atoms with Crippen LogP contribution in [0.1, 0.15) is 122 Å². The van der Waals surface area contributed by atoms with Crippen LogP contribution in [0.15, 0.2) is 46.6 Å². The van der Waals surface area contributed by atoms with Crippen molar-refractivity contribution in [3.63, 3.8) is 0 Å². The standard InChI is InChI=1S/C49H80O15/c1-23(2)15-17-34(50)25(5)19-21-49(58)28(8)32-14-13-20-48(32,12)44(57)33(49)22-26(6)35(18-16-24(3)4)62-45-27(7)36(51)42(30(10)60-45)63-47-41(56)39(54)43(31(11)61-47)64-46-40(55)38(53)37(52)29(9)59-46/h15-16,19,22,27-43,45-47,50-56,58H,13-14,17-18,20-21H2,1-12H3. The van der Waals surface area contributed by atoms with Gasteiger partial charge in [0.1, 0.15) is 48.5 Å². The number of fused-ring (bicyclic) bond motifs is 1. The Morgan fingerprint density at radius 1 is 0.703 bits per heavy atom. The molecule has 3 saturated heterocycles. The number of rotatable bonds is 15. The third-order valence-electron chi connectivity index (χ3n) is 15.1. The highest BCUT2D eigenvalue weighted by Gasteiger charge is 2.62. The van der Waals surface area contributed by atoms with Gasteiger partial charge in [0.15, 0.2) is 18.9 Å². The van der Waals surface area contributed by atoms with Gasteiger partial charge >= 0.3 is 0 Å². The lowest BCUT2D eigenvalue weighted by Crippen LogP contribution is -2.64. The van der Waals surface area contributed by atoms with Crippen LogP contribution in [0, 0.1) is 29.1 Å². The molecule has 0 aromatic carbocycles. The first-order chi connectivity index (χ1) is 29.8. The van der Waals surface area contributed by atoms with E-state index in [2.05, 4.69) is 6.92 Å². The van der Waals surface area contributed by atoms with E-state index in [0.717, 1.165) is 41.6 Å². The number of aliphatic hydroxyl groups excluding tert-OH is 7. The van der Waals surface area contributed by atoms with Gasteiger partial charge in [-0.05, 0) is 117 Å². The highest BCUT2D eigenvalue weighted by Crippen LogP contribution is 2.58. The van der Waals surface area contributed by atoms with Gasteiger partial charge in [-0.2, -0.15) is 0 Å². The van der Waals surface area contributed by atoms with Crippen molar-refractivity contribution in [3.05, 3.63) is 46.6 Å². The van der Waals surface area contributed by atoms with Crippen molar-refractivity contribution in [2.75, 3.05) is 0 Å². The van der Waals surface area contributed by atoms with Crippen molar-refractivity contribution in [2.24, 2.45) is 29.1 Å². The lowest BCUT2D eigenvalue weighted by molar-refractivity contribution is -0.370. The molecule has 2 saturated carbocycles. The molecule has 366 valence electrons. The van der Waals surface area contributed by atoms with Gasteiger partial charge in [0.05, 0.1) is 48.1 Å². The third kappa shape index (κ3) is 11.2. The molecule has 8 N–H and O–H groups in total. The minimum atomic E-state index is -1.67. The minimum absolute atomic E-state index is 0.0101. The maximum absolute atomic E-state index is 14.7. The molecule has 15 nitrogen and oxygen atoms in total. The second kappa shape index (κ2) is 21.6. The van der Waals surface area contributed by atoms with Crippen molar-refractivity contribution >= 4 is 5.78 Å². The van der Waals surface area contributed by atoms with Crippen molar-refractivity contribution in [2.45, 2.75) is 225 Å². The molecule has 5 fully saturated rings. The molecule has 3 aliphatic heterocycles. The summed E-state index contributed by atoms with van der Waals surface area (Å²) in [5.74, 6) is -1.70. The normalized spacial score (nSPS) is 45.4. The fraction of sp³-hybridized carbons (Fsp3) is 0.816. The molecule has 0 amide bonds. The molecule has 22 atom stereocenters. The van der Waals surface area contributed by atoms with E-state index in [0.29, 0.717) is 12.8 Å². The Hall–Kier alpha value is -1.93. The second-order valence-electron chi connectivity index (χ2n) is 20.4. The minimum Gasteiger partial charge on any atom is -0.390 e. The number of Topliss-reactive ketones (excluding diaryl/α,β-unsaturated/α-hetero) is 1. The molecule has 0 bridgehead atoms. The van der Waals surface area contributed by atoms with Crippen molar-refractivity contribution < 1.29 is 74.1 Å². The lowest BCUT2D eigenvalue weighted by Gasteiger charge is -2.52. The Bertz CT molecular complexity index is 1710. The zero-order valence-electron chi connectivity index (χ0n) is 40.0. The van der Waals surface area contributed by atoms with Gasteiger partial charge in [0, 0.05) is 11.3 Å². The Morgan fingerprint density at radius 2 is 1.23 bits per heavy atom. The van der Waals surface area contributed by atoms with E-state index >= 15 is 0 Å². The van der Waals surface area contributed by atoms with Crippen LogP contribution in [0.25, 0.3) is 0 Å². The SMILES string of the molecule is CC(C)=CCC(O)C(C)=CCC1(O)C(C=C(C)C(CC=C(C)C)OC2OC(C)C(OC3OC(C)C(OC4OC(C)C(O)C(O)C4O)C(O)C3O)C(O)C2C)C(=O)C2(C)CCCC2C1C. The number of ketones is 1. The first kappa shape index (κ1) is 53.0. The fourth-order valence-electron chi connectivity index (χ4n) is 10.5. The quantitative estimate of drug-likeness (QED) is 0.109. The molecule has 0 spiro atoms. The number of aliphatic hydroxyl groups is 8. The van der Waals surface area contributed by atoms with Gasteiger partial charge in [0.2, 0.25) is 0 Å². The fourth-order valence-corrected chi connectivity index (χ4v) is 10.5. The summed E-state index contributed by atoms with van der Waals surface area (Å²) < 4.78 is 36.6. The Labute approximate surface area is 380 Å². The summed E-state index contributed by atoms with van der Waals surface area (Å²) in [6.45, 7) is 22.3. The number of hydrogen-bond donors (Lipinski definition) is 8.